The van der Waals surface area contributed by atoms with Crippen LogP contribution in [0, 0.1) is 13.8 Å². The Morgan fingerprint density at radius 1 is 0.889 bits per heavy atom. The number of hydrogen-bond donors (Lipinski definition) is 2. The zero-order chi connectivity index (χ0) is 26.5. The molecular formula is C30H35NO5. The number of rotatable bonds is 8. The molecular weight excluding hydrogens is 454 g/mol. The molecule has 6 heteroatoms. The highest BCUT2D eigenvalue weighted by Gasteiger charge is 2.23. The van der Waals surface area contributed by atoms with Crippen molar-refractivity contribution in [3.63, 3.8) is 0 Å². The predicted octanol–water partition coefficient (Wildman–Crippen LogP) is 5.69. The molecule has 0 heterocycles. The maximum atomic E-state index is 12.8. The van der Waals surface area contributed by atoms with Gasteiger partial charge in [0.15, 0.2) is 0 Å². The van der Waals surface area contributed by atoms with Gasteiger partial charge in [-0.1, -0.05) is 41.5 Å². The van der Waals surface area contributed by atoms with Gasteiger partial charge < -0.3 is 19.9 Å². The lowest BCUT2D eigenvalue weighted by Crippen LogP contribution is -2.45. The Morgan fingerprint density at radius 3 is 2.22 bits per heavy atom. The van der Waals surface area contributed by atoms with Crippen molar-refractivity contribution in [2.24, 2.45) is 0 Å². The minimum Gasteiger partial charge on any atom is -0.457 e. The SMILES string of the molecule is Cc1ccc(C(=O)OCc2cc(C(O)C(C)NC(C)(C)C)ccc2OC(=O)c2cccc(C)c2)cc1. The summed E-state index contributed by atoms with van der Waals surface area (Å²) < 4.78 is 11.2. The normalized spacial score (nSPS) is 13.1. The number of aryl methyl sites for hydroxylation is 2. The molecule has 0 amide bonds. The number of aliphatic hydroxyl groups excluding tert-OH is 1. The highest BCUT2D eigenvalue weighted by atomic mass is 16.5. The van der Waals surface area contributed by atoms with E-state index in [9.17, 15) is 14.7 Å². The van der Waals surface area contributed by atoms with Gasteiger partial charge in [-0.15, -0.1) is 0 Å². The van der Waals surface area contributed by atoms with Crippen molar-refractivity contribution in [2.75, 3.05) is 0 Å². The van der Waals surface area contributed by atoms with Crippen LogP contribution in [0.25, 0.3) is 0 Å². The molecule has 3 aromatic rings. The maximum absolute atomic E-state index is 12.8. The fraction of sp³-hybridized carbons (Fsp3) is 0.333. The van der Waals surface area contributed by atoms with Crippen LogP contribution in [0.2, 0.25) is 0 Å². The summed E-state index contributed by atoms with van der Waals surface area (Å²) in [4.78, 5) is 25.4. The number of carbonyl (C=O) groups is 2. The van der Waals surface area contributed by atoms with E-state index in [1.165, 1.54) is 0 Å². The molecule has 0 aliphatic heterocycles. The van der Waals surface area contributed by atoms with E-state index in [1.807, 2.05) is 59.7 Å². The number of aliphatic hydroxyl groups is 1. The molecule has 2 atom stereocenters. The van der Waals surface area contributed by atoms with Crippen LogP contribution in [-0.4, -0.2) is 28.6 Å². The number of hydrogen-bond acceptors (Lipinski definition) is 6. The Hall–Kier alpha value is -3.48. The largest absolute Gasteiger partial charge is 0.457 e. The van der Waals surface area contributed by atoms with Crippen molar-refractivity contribution in [2.45, 2.75) is 65.8 Å². The molecule has 190 valence electrons. The Morgan fingerprint density at radius 2 is 1.58 bits per heavy atom. The first kappa shape index (κ1) is 27.1. The topological polar surface area (TPSA) is 84.9 Å². The average molecular weight is 490 g/mol. The Balaban J connectivity index is 1.86. The summed E-state index contributed by atoms with van der Waals surface area (Å²) in [6.07, 6.45) is -0.822. The quantitative estimate of drug-likeness (QED) is 0.312. The lowest BCUT2D eigenvalue weighted by Gasteiger charge is -2.29. The van der Waals surface area contributed by atoms with E-state index in [0.29, 0.717) is 22.3 Å². The molecule has 36 heavy (non-hydrogen) atoms. The summed E-state index contributed by atoms with van der Waals surface area (Å²) in [6, 6.07) is 19.0. The summed E-state index contributed by atoms with van der Waals surface area (Å²) in [6.45, 7) is 11.7. The molecule has 0 saturated heterocycles. The third kappa shape index (κ3) is 7.51. The van der Waals surface area contributed by atoms with Crippen LogP contribution in [0.1, 0.15) is 76.8 Å². The van der Waals surface area contributed by atoms with E-state index in [4.69, 9.17) is 9.47 Å². The first-order valence-electron chi connectivity index (χ1n) is 12.0. The zero-order valence-electron chi connectivity index (χ0n) is 21.8. The van der Waals surface area contributed by atoms with Crippen LogP contribution in [0.15, 0.2) is 66.7 Å². The standard InChI is InChI=1S/C30H35NO5/c1-19-10-12-22(13-11-19)28(33)35-18-25-17-23(27(32)21(3)31-30(4,5)6)14-15-26(25)36-29(34)24-9-7-8-20(2)16-24/h7-17,21,27,31-32H,18H2,1-6H3. The predicted molar refractivity (Wildman–Crippen MR) is 140 cm³/mol. The van der Waals surface area contributed by atoms with E-state index in [2.05, 4.69) is 5.32 Å². The van der Waals surface area contributed by atoms with Crippen molar-refractivity contribution in [1.82, 2.24) is 5.32 Å². The summed E-state index contributed by atoms with van der Waals surface area (Å²) >= 11 is 0. The van der Waals surface area contributed by atoms with E-state index < -0.39 is 18.0 Å². The van der Waals surface area contributed by atoms with Crippen molar-refractivity contribution in [3.8, 4) is 5.75 Å². The van der Waals surface area contributed by atoms with Crippen LogP contribution in [-0.2, 0) is 11.3 Å². The molecule has 2 unspecified atom stereocenters. The van der Waals surface area contributed by atoms with Gasteiger partial charge >= 0.3 is 11.9 Å². The van der Waals surface area contributed by atoms with Crippen LogP contribution in [0.5, 0.6) is 5.75 Å². The summed E-state index contributed by atoms with van der Waals surface area (Å²) in [5, 5.41) is 14.3. The second-order valence-electron chi connectivity index (χ2n) is 10.2. The molecule has 0 aromatic heterocycles. The van der Waals surface area contributed by atoms with Crippen molar-refractivity contribution in [1.29, 1.82) is 0 Å². The van der Waals surface area contributed by atoms with E-state index >= 15 is 0 Å². The number of benzene rings is 3. The van der Waals surface area contributed by atoms with Gasteiger partial charge in [0.25, 0.3) is 0 Å². The second kappa shape index (κ2) is 11.5. The maximum Gasteiger partial charge on any atom is 0.343 e. The number of ether oxygens (including phenoxy) is 2. The number of esters is 2. The smallest absolute Gasteiger partial charge is 0.343 e. The van der Waals surface area contributed by atoms with Gasteiger partial charge in [0.2, 0.25) is 0 Å². The molecule has 0 saturated carbocycles. The van der Waals surface area contributed by atoms with Crippen LogP contribution < -0.4 is 10.1 Å². The lowest BCUT2D eigenvalue weighted by molar-refractivity contribution is 0.0468. The van der Waals surface area contributed by atoms with Crippen molar-refractivity contribution in [3.05, 3.63) is 100 Å². The van der Waals surface area contributed by atoms with Gasteiger partial charge in [-0.2, -0.15) is 0 Å². The number of nitrogens with one attached hydrogen (secondary N) is 1. The van der Waals surface area contributed by atoms with Gasteiger partial charge in [-0.25, -0.2) is 9.59 Å². The molecule has 0 bridgehead atoms. The molecule has 0 radical (unpaired) electrons. The molecule has 2 N–H and O–H groups in total. The van der Waals surface area contributed by atoms with Crippen molar-refractivity contribution >= 4 is 11.9 Å². The molecule has 6 nitrogen and oxygen atoms in total. The highest BCUT2D eigenvalue weighted by molar-refractivity contribution is 5.91. The molecule has 0 aliphatic rings. The average Bonchev–Trinajstić information content (AvgIpc) is 2.82. The monoisotopic (exact) mass is 489 g/mol. The second-order valence-corrected chi connectivity index (χ2v) is 10.2. The van der Waals surface area contributed by atoms with E-state index in [1.54, 1.807) is 48.5 Å². The minimum absolute atomic E-state index is 0.120. The fourth-order valence-corrected chi connectivity index (χ4v) is 3.89. The molecule has 0 aliphatic carbocycles. The van der Waals surface area contributed by atoms with E-state index in [-0.39, 0.29) is 23.9 Å². The Bertz CT molecular complexity index is 1210. The summed E-state index contributed by atoms with van der Waals surface area (Å²) in [5.74, 6) is -0.730. The van der Waals surface area contributed by atoms with Crippen LogP contribution in [0.3, 0.4) is 0 Å². The van der Waals surface area contributed by atoms with Gasteiger partial charge in [-0.05, 0) is 83.5 Å². The Labute approximate surface area is 213 Å². The van der Waals surface area contributed by atoms with Crippen molar-refractivity contribution < 1.29 is 24.2 Å². The van der Waals surface area contributed by atoms with Gasteiger partial charge in [0.1, 0.15) is 12.4 Å². The molecule has 0 fully saturated rings. The molecule has 3 rings (SSSR count). The van der Waals surface area contributed by atoms with Gasteiger partial charge in [-0.3, -0.25) is 0 Å². The summed E-state index contributed by atoms with van der Waals surface area (Å²) in [7, 11) is 0. The zero-order valence-corrected chi connectivity index (χ0v) is 21.8. The molecule has 0 spiro atoms. The van der Waals surface area contributed by atoms with Gasteiger partial charge in [0, 0.05) is 17.1 Å². The number of carbonyl (C=O) groups excluding carboxylic acids is 2. The fourth-order valence-electron chi connectivity index (χ4n) is 3.89. The molecule has 3 aromatic carbocycles. The van der Waals surface area contributed by atoms with Crippen LogP contribution >= 0.6 is 0 Å². The first-order chi connectivity index (χ1) is 16.9. The third-order valence-electron chi connectivity index (χ3n) is 5.66. The Kier molecular flexibility index (Phi) is 8.66. The summed E-state index contributed by atoms with van der Waals surface area (Å²) in [5.41, 5.74) is 3.75. The highest BCUT2D eigenvalue weighted by Crippen LogP contribution is 2.28. The minimum atomic E-state index is -0.822. The van der Waals surface area contributed by atoms with E-state index in [0.717, 1.165) is 11.1 Å². The van der Waals surface area contributed by atoms with Crippen LogP contribution in [0.4, 0.5) is 0 Å². The lowest BCUT2D eigenvalue weighted by atomic mass is 9.98. The van der Waals surface area contributed by atoms with Gasteiger partial charge in [0.05, 0.1) is 17.2 Å². The third-order valence-corrected chi connectivity index (χ3v) is 5.66. The first-order valence-corrected chi connectivity index (χ1v) is 12.0.